The Kier molecular flexibility index (Phi) is 5.16. The van der Waals surface area contributed by atoms with Crippen LogP contribution in [0.2, 0.25) is 0 Å². The summed E-state index contributed by atoms with van der Waals surface area (Å²) in [4.78, 5) is 12.8. The Balaban J connectivity index is 1.26. The molecule has 5 nitrogen and oxygen atoms in total. The highest BCUT2D eigenvalue weighted by molar-refractivity contribution is 9.10. The number of amides is 1. The average molecular weight is 530 g/mol. The van der Waals surface area contributed by atoms with Gasteiger partial charge < -0.3 is 20.1 Å². The summed E-state index contributed by atoms with van der Waals surface area (Å²) in [6.07, 6.45) is 0.838. The molecule has 2 aliphatic rings. The fourth-order valence-corrected chi connectivity index (χ4v) is 4.40. The molecule has 0 spiro atoms. The molecule has 0 saturated heterocycles. The van der Waals surface area contributed by atoms with Gasteiger partial charge in [-0.25, -0.2) is 0 Å². The lowest BCUT2D eigenvalue weighted by atomic mass is 10.1. The van der Waals surface area contributed by atoms with Crippen molar-refractivity contribution >= 4 is 54.8 Å². The molecule has 2 atom stereocenters. The second kappa shape index (κ2) is 7.96. The Bertz CT molecular complexity index is 1140. The van der Waals surface area contributed by atoms with Gasteiger partial charge in [0.2, 0.25) is 12.7 Å². The summed E-state index contributed by atoms with van der Waals surface area (Å²) in [6.45, 7) is 0.257. The Morgan fingerprint density at radius 3 is 2.67 bits per heavy atom. The Morgan fingerprint density at radius 1 is 0.933 bits per heavy atom. The van der Waals surface area contributed by atoms with Crippen LogP contribution in [0.1, 0.15) is 17.9 Å². The number of benzene rings is 3. The summed E-state index contributed by atoms with van der Waals surface area (Å²) in [7, 11) is 0. The van der Waals surface area contributed by atoms with Crippen LogP contribution in [0.3, 0.4) is 0 Å². The van der Waals surface area contributed by atoms with Gasteiger partial charge in [-0.2, -0.15) is 0 Å². The molecule has 1 aliphatic carbocycles. The minimum Gasteiger partial charge on any atom is -0.454 e. The summed E-state index contributed by atoms with van der Waals surface area (Å²) in [5.74, 6) is 1.74. The maximum Gasteiger partial charge on any atom is 0.231 e. The smallest absolute Gasteiger partial charge is 0.231 e. The van der Waals surface area contributed by atoms with Crippen molar-refractivity contribution in [2.75, 3.05) is 17.4 Å². The minimum absolute atomic E-state index is 0.0319. The van der Waals surface area contributed by atoms with E-state index in [0.29, 0.717) is 0 Å². The molecule has 3 aromatic carbocycles. The van der Waals surface area contributed by atoms with Crippen molar-refractivity contribution in [3.8, 4) is 11.5 Å². The Labute approximate surface area is 191 Å². The third-order valence-electron chi connectivity index (χ3n) is 5.29. The van der Waals surface area contributed by atoms with E-state index in [1.54, 1.807) is 0 Å². The van der Waals surface area contributed by atoms with E-state index in [9.17, 15) is 4.79 Å². The van der Waals surface area contributed by atoms with Crippen LogP contribution < -0.4 is 20.1 Å². The van der Waals surface area contributed by atoms with Crippen LogP contribution in [0, 0.1) is 5.92 Å². The number of halogens is 2. The summed E-state index contributed by atoms with van der Waals surface area (Å²) in [6, 6.07) is 19.6. The van der Waals surface area contributed by atoms with Gasteiger partial charge in [-0.05, 0) is 82.4 Å². The first-order chi connectivity index (χ1) is 14.6. The molecule has 1 fully saturated rings. The average Bonchev–Trinajstić information content (AvgIpc) is 3.40. The third kappa shape index (κ3) is 4.04. The summed E-state index contributed by atoms with van der Waals surface area (Å²) < 4.78 is 12.7. The maximum atomic E-state index is 12.8. The Hall–Kier alpha value is -2.51. The first kappa shape index (κ1) is 19.5. The number of carbonyl (C=O) groups excluding carboxylic acids is 1. The van der Waals surface area contributed by atoms with E-state index in [1.807, 2.05) is 60.7 Å². The number of nitrogens with one attached hydrogen (secondary N) is 2. The lowest BCUT2D eigenvalue weighted by Gasteiger charge is -2.12. The molecule has 5 rings (SSSR count). The van der Waals surface area contributed by atoms with Crippen molar-refractivity contribution in [3.63, 3.8) is 0 Å². The second-order valence-corrected chi connectivity index (χ2v) is 9.15. The third-order valence-corrected chi connectivity index (χ3v) is 6.47. The standard InChI is InChI=1S/C23H18Br2N2O3/c24-14-2-1-3-15(9-14)26-20-10-16(5-6-19(20)25)27-23(28)18-11-17(18)13-4-7-21-22(8-13)30-12-29-21/h1-10,17-18,26H,11-12H2,(H,27,28). The predicted molar refractivity (Wildman–Crippen MR) is 124 cm³/mol. The minimum atomic E-state index is -0.0319. The van der Waals surface area contributed by atoms with Gasteiger partial charge in [0, 0.05) is 26.2 Å². The van der Waals surface area contributed by atoms with Gasteiger partial charge in [-0.15, -0.1) is 0 Å². The molecule has 30 heavy (non-hydrogen) atoms. The van der Waals surface area contributed by atoms with Gasteiger partial charge >= 0.3 is 0 Å². The van der Waals surface area contributed by atoms with Crippen LogP contribution in [-0.4, -0.2) is 12.7 Å². The first-order valence-electron chi connectivity index (χ1n) is 9.59. The topological polar surface area (TPSA) is 59.6 Å². The van der Waals surface area contributed by atoms with Crippen molar-refractivity contribution in [1.29, 1.82) is 0 Å². The molecule has 3 aromatic rings. The van der Waals surface area contributed by atoms with Crippen molar-refractivity contribution < 1.29 is 14.3 Å². The quantitative estimate of drug-likeness (QED) is 0.400. The number of ether oxygens (including phenoxy) is 2. The number of rotatable bonds is 5. The number of hydrogen-bond donors (Lipinski definition) is 2. The zero-order chi connectivity index (χ0) is 20.7. The van der Waals surface area contributed by atoms with E-state index >= 15 is 0 Å². The second-order valence-electron chi connectivity index (χ2n) is 7.38. The normalized spacial score (nSPS) is 18.7. The van der Waals surface area contributed by atoms with Crippen LogP contribution in [-0.2, 0) is 4.79 Å². The first-order valence-corrected chi connectivity index (χ1v) is 11.2. The van der Waals surface area contributed by atoms with E-state index in [2.05, 4.69) is 42.5 Å². The highest BCUT2D eigenvalue weighted by Gasteiger charge is 2.44. The van der Waals surface area contributed by atoms with Crippen molar-refractivity contribution in [2.45, 2.75) is 12.3 Å². The predicted octanol–water partition coefficient (Wildman–Crippen LogP) is 6.43. The fraction of sp³-hybridized carbons (Fsp3) is 0.174. The summed E-state index contributed by atoms with van der Waals surface area (Å²) >= 11 is 7.05. The van der Waals surface area contributed by atoms with Gasteiger partial charge in [0.1, 0.15) is 0 Å². The van der Waals surface area contributed by atoms with Gasteiger partial charge in [-0.1, -0.05) is 28.1 Å². The molecule has 2 N–H and O–H groups in total. The lowest BCUT2D eigenvalue weighted by Crippen LogP contribution is -2.14. The maximum absolute atomic E-state index is 12.8. The molecule has 0 radical (unpaired) electrons. The van der Waals surface area contributed by atoms with Gasteiger partial charge in [0.25, 0.3) is 0 Å². The molecule has 0 aromatic heterocycles. The molecule has 7 heteroatoms. The molecule has 0 bridgehead atoms. The fourth-order valence-electron chi connectivity index (χ4n) is 3.65. The SMILES string of the molecule is O=C(Nc1ccc(Br)c(Nc2cccc(Br)c2)c1)C1CC1c1ccc2c(c1)OCO2. The van der Waals surface area contributed by atoms with Gasteiger partial charge in [0.05, 0.1) is 5.69 Å². The van der Waals surface area contributed by atoms with Crippen LogP contribution in [0.25, 0.3) is 0 Å². The molecule has 1 amide bonds. The van der Waals surface area contributed by atoms with Crippen molar-refractivity contribution in [3.05, 3.63) is 75.2 Å². The molecule has 1 saturated carbocycles. The monoisotopic (exact) mass is 528 g/mol. The lowest BCUT2D eigenvalue weighted by molar-refractivity contribution is -0.117. The number of fused-ring (bicyclic) bond motifs is 1. The van der Waals surface area contributed by atoms with Crippen LogP contribution in [0.4, 0.5) is 17.1 Å². The van der Waals surface area contributed by atoms with Crippen LogP contribution in [0.5, 0.6) is 11.5 Å². The largest absolute Gasteiger partial charge is 0.454 e. The van der Waals surface area contributed by atoms with E-state index in [4.69, 9.17) is 9.47 Å². The highest BCUT2D eigenvalue weighted by Crippen LogP contribution is 2.50. The molecule has 1 heterocycles. The Morgan fingerprint density at radius 2 is 1.80 bits per heavy atom. The number of anilines is 3. The summed E-state index contributed by atoms with van der Waals surface area (Å²) in [5, 5.41) is 6.43. The van der Waals surface area contributed by atoms with E-state index in [1.165, 1.54) is 0 Å². The van der Waals surface area contributed by atoms with Gasteiger partial charge in [0.15, 0.2) is 11.5 Å². The van der Waals surface area contributed by atoms with Crippen LogP contribution >= 0.6 is 31.9 Å². The molecule has 1 aliphatic heterocycles. The van der Waals surface area contributed by atoms with E-state index in [0.717, 1.165) is 49.5 Å². The van der Waals surface area contributed by atoms with Crippen LogP contribution in [0.15, 0.2) is 69.6 Å². The zero-order valence-corrected chi connectivity index (χ0v) is 19.0. The summed E-state index contributed by atoms with van der Waals surface area (Å²) in [5.41, 5.74) is 3.72. The molecule has 152 valence electrons. The van der Waals surface area contributed by atoms with Crippen molar-refractivity contribution in [1.82, 2.24) is 0 Å². The number of hydrogen-bond acceptors (Lipinski definition) is 4. The zero-order valence-electron chi connectivity index (χ0n) is 15.8. The molecule has 2 unspecified atom stereocenters. The molecular weight excluding hydrogens is 512 g/mol. The van der Waals surface area contributed by atoms with E-state index in [-0.39, 0.29) is 24.5 Å². The van der Waals surface area contributed by atoms with Gasteiger partial charge in [-0.3, -0.25) is 4.79 Å². The van der Waals surface area contributed by atoms with E-state index < -0.39 is 0 Å². The highest BCUT2D eigenvalue weighted by atomic mass is 79.9. The number of carbonyl (C=O) groups is 1. The van der Waals surface area contributed by atoms with Crippen molar-refractivity contribution in [2.24, 2.45) is 5.92 Å². The molecular formula is C23H18Br2N2O3.